The maximum Gasteiger partial charge on any atom is 0.335 e. The van der Waals surface area contributed by atoms with Crippen LogP contribution in [0.4, 0.5) is 5.69 Å². The Labute approximate surface area is 146 Å². The number of benzene rings is 2. The number of carboxylic acid groups (broad SMARTS) is 1. The summed E-state index contributed by atoms with van der Waals surface area (Å²) in [6.45, 7) is 3.84. The van der Waals surface area contributed by atoms with Crippen molar-refractivity contribution in [2.75, 3.05) is 11.1 Å². The van der Waals surface area contributed by atoms with Crippen molar-refractivity contribution in [3.63, 3.8) is 0 Å². The zero-order chi connectivity index (χ0) is 18.6. The van der Waals surface area contributed by atoms with Crippen LogP contribution in [0.2, 0.25) is 0 Å². The summed E-state index contributed by atoms with van der Waals surface area (Å²) >= 11 is 0. The Hall–Kier alpha value is -2.67. The average Bonchev–Trinajstić information content (AvgIpc) is 2.50. The van der Waals surface area contributed by atoms with Gasteiger partial charge in [-0.3, -0.25) is 4.79 Å². The molecule has 2 N–H and O–H groups in total. The van der Waals surface area contributed by atoms with Gasteiger partial charge in [0.15, 0.2) is 9.84 Å². The molecule has 2 rings (SSSR count). The minimum Gasteiger partial charge on any atom is -0.478 e. The van der Waals surface area contributed by atoms with Crippen LogP contribution in [-0.2, 0) is 20.4 Å². The first kappa shape index (κ1) is 18.7. The molecule has 0 atom stereocenters. The molecular formula is C18H19NO5S. The van der Waals surface area contributed by atoms with Gasteiger partial charge in [0, 0.05) is 5.69 Å². The van der Waals surface area contributed by atoms with Crippen LogP contribution >= 0.6 is 0 Å². The van der Waals surface area contributed by atoms with E-state index in [4.69, 9.17) is 5.11 Å². The van der Waals surface area contributed by atoms with Crippen LogP contribution < -0.4 is 5.32 Å². The number of nitrogens with one attached hydrogen (secondary N) is 1. The number of hydrogen-bond donors (Lipinski definition) is 2. The first-order valence-corrected chi connectivity index (χ1v) is 9.38. The number of aromatic carboxylic acids is 1. The molecule has 1 amide bonds. The van der Waals surface area contributed by atoms with Crippen molar-refractivity contribution in [1.82, 2.24) is 0 Å². The van der Waals surface area contributed by atoms with Crippen LogP contribution in [0.5, 0.6) is 0 Å². The Balaban J connectivity index is 2.05. The normalized spacial score (nSPS) is 11.1. The van der Waals surface area contributed by atoms with Crippen LogP contribution in [0.25, 0.3) is 0 Å². The van der Waals surface area contributed by atoms with Gasteiger partial charge < -0.3 is 10.4 Å². The number of carbonyl (C=O) groups excluding carboxylic acids is 1. The highest BCUT2D eigenvalue weighted by Gasteiger charge is 2.18. The number of rotatable bonds is 6. The Morgan fingerprint density at radius 3 is 2.40 bits per heavy atom. The van der Waals surface area contributed by atoms with Crippen molar-refractivity contribution >= 4 is 27.4 Å². The monoisotopic (exact) mass is 361 g/mol. The molecule has 6 nitrogen and oxygen atoms in total. The summed E-state index contributed by atoms with van der Waals surface area (Å²) < 4.78 is 24.4. The fraction of sp³-hybridized carbons (Fsp3) is 0.222. The summed E-state index contributed by atoms with van der Waals surface area (Å²) in [5.41, 5.74) is 2.94. The number of carbonyl (C=O) groups is 2. The van der Waals surface area contributed by atoms with Crippen molar-refractivity contribution in [1.29, 1.82) is 0 Å². The minimum absolute atomic E-state index is 0.00674. The van der Waals surface area contributed by atoms with Crippen LogP contribution in [0.15, 0.2) is 42.5 Å². The largest absolute Gasteiger partial charge is 0.478 e. The van der Waals surface area contributed by atoms with E-state index >= 15 is 0 Å². The molecule has 7 heteroatoms. The fourth-order valence-electron chi connectivity index (χ4n) is 2.32. The van der Waals surface area contributed by atoms with Gasteiger partial charge in [-0.25, -0.2) is 13.2 Å². The quantitative estimate of drug-likeness (QED) is 0.823. The highest BCUT2D eigenvalue weighted by Crippen LogP contribution is 2.15. The summed E-state index contributed by atoms with van der Waals surface area (Å²) in [4.78, 5) is 22.9. The van der Waals surface area contributed by atoms with Gasteiger partial charge in [0.05, 0.1) is 11.3 Å². The van der Waals surface area contributed by atoms with Crippen molar-refractivity contribution < 1.29 is 23.1 Å². The maximum absolute atomic E-state index is 12.2. The molecule has 2 aromatic rings. The van der Waals surface area contributed by atoms with E-state index in [1.165, 1.54) is 24.3 Å². The first-order chi connectivity index (χ1) is 11.7. The van der Waals surface area contributed by atoms with Gasteiger partial charge >= 0.3 is 5.97 Å². The van der Waals surface area contributed by atoms with Gasteiger partial charge in [0.2, 0.25) is 5.91 Å². The molecule has 0 unspecified atom stereocenters. The Kier molecular flexibility index (Phi) is 5.58. The molecule has 132 valence electrons. The van der Waals surface area contributed by atoms with Gasteiger partial charge in [0.1, 0.15) is 5.75 Å². The van der Waals surface area contributed by atoms with E-state index in [1.807, 2.05) is 19.9 Å². The topological polar surface area (TPSA) is 101 Å². The minimum atomic E-state index is -3.72. The SMILES string of the molecule is Cc1ccc(NC(=O)CS(=O)(=O)Cc2cccc(C(=O)O)c2)cc1C. The molecular weight excluding hydrogens is 342 g/mol. The molecule has 0 aliphatic heterocycles. The van der Waals surface area contributed by atoms with E-state index in [9.17, 15) is 18.0 Å². The predicted octanol–water partition coefficient (Wildman–Crippen LogP) is 2.56. The van der Waals surface area contributed by atoms with Gasteiger partial charge in [0.25, 0.3) is 0 Å². The third kappa shape index (κ3) is 5.42. The second-order valence-electron chi connectivity index (χ2n) is 5.88. The number of sulfone groups is 1. The molecule has 0 bridgehead atoms. The summed E-state index contributed by atoms with van der Waals surface area (Å²) in [5, 5.41) is 11.5. The fourth-order valence-corrected chi connectivity index (χ4v) is 3.58. The number of carboxylic acids is 1. The van der Waals surface area contributed by atoms with E-state index in [0.717, 1.165) is 11.1 Å². The molecule has 0 heterocycles. The van der Waals surface area contributed by atoms with Crippen LogP contribution in [0.1, 0.15) is 27.0 Å². The molecule has 25 heavy (non-hydrogen) atoms. The second-order valence-corrected chi connectivity index (χ2v) is 7.95. The molecule has 0 radical (unpaired) electrons. The molecule has 0 aliphatic carbocycles. The zero-order valence-electron chi connectivity index (χ0n) is 13.9. The van der Waals surface area contributed by atoms with Gasteiger partial charge in [-0.15, -0.1) is 0 Å². The molecule has 0 saturated heterocycles. The highest BCUT2D eigenvalue weighted by atomic mass is 32.2. The van der Waals surface area contributed by atoms with E-state index < -0.39 is 33.2 Å². The summed E-state index contributed by atoms with van der Waals surface area (Å²) in [6, 6.07) is 11.0. The number of anilines is 1. The number of hydrogen-bond acceptors (Lipinski definition) is 4. The number of aryl methyl sites for hydroxylation is 2. The maximum atomic E-state index is 12.2. The average molecular weight is 361 g/mol. The predicted molar refractivity (Wildman–Crippen MR) is 95.4 cm³/mol. The van der Waals surface area contributed by atoms with Crippen molar-refractivity contribution in [2.24, 2.45) is 0 Å². The Morgan fingerprint density at radius 1 is 1.04 bits per heavy atom. The smallest absolute Gasteiger partial charge is 0.335 e. The first-order valence-electron chi connectivity index (χ1n) is 7.56. The summed E-state index contributed by atoms with van der Waals surface area (Å²) in [7, 11) is -3.72. The zero-order valence-corrected chi connectivity index (χ0v) is 14.8. The summed E-state index contributed by atoms with van der Waals surface area (Å²) in [5.74, 6) is -2.82. The number of amides is 1. The standard InChI is InChI=1S/C18H19NO5S/c1-12-6-7-16(8-13(12)2)19-17(20)11-25(23,24)10-14-4-3-5-15(9-14)18(21)22/h3-9H,10-11H2,1-2H3,(H,19,20)(H,21,22). The second kappa shape index (κ2) is 7.48. The lowest BCUT2D eigenvalue weighted by Gasteiger charge is -2.09. The lowest BCUT2D eigenvalue weighted by Crippen LogP contribution is -2.24. The van der Waals surface area contributed by atoms with Crippen LogP contribution in [0.3, 0.4) is 0 Å². The third-order valence-corrected chi connectivity index (χ3v) is 5.18. The van der Waals surface area contributed by atoms with Crippen molar-refractivity contribution in [3.8, 4) is 0 Å². The van der Waals surface area contributed by atoms with Crippen LogP contribution in [0, 0.1) is 13.8 Å². The molecule has 0 fully saturated rings. The third-order valence-electron chi connectivity index (χ3n) is 3.70. The molecule has 0 saturated carbocycles. The van der Waals surface area contributed by atoms with Gasteiger partial charge in [-0.05, 0) is 54.8 Å². The molecule has 0 aromatic heterocycles. The van der Waals surface area contributed by atoms with Crippen molar-refractivity contribution in [2.45, 2.75) is 19.6 Å². The summed E-state index contributed by atoms with van der Waals surface area (Å²) in [6.07, 6.45) is 0. The van der Waals surface area contributed by atoms with Gasteiger partial charge in [-0.2, -0.15) is 0 Å². The van der Waals surface area contributed by atoms with E-state index in [-0.39, 0.29) is 5.56 Å². The van der Waals surface area contributed by atoms with E-state index in [2.05, 4.69) is 5.32 Å². The van der Waals surface area contributed by atoms with Crippen molar-refractivity contribution in [3.05, 3.63) is 64.7 Å². The molecule has 0 aliphatic rings. The Morgan fingerprint density at radius 2 is 1.76 bits per heavy atom. The van der Waals surface area contributed by atoms with E-state index in [1.54, 1.807) is 12.1 Å². The Bertz CT molecular complexity index is 919. The van der Waals surface area contributed by atoms with E-state index in [0.29, 0.717) is 11.3 Å². The lowest BCUT2D eigenvalue weighted by molar-refractivity contribution is -0.113. The van der Waals surface area contributed by atoms with Gasteiger partial charge in [-0.1, -0.05) is 18.2 Å². The lowest BCUT2D eigenvalue weighted by atomic mass is 10.1. The molecule has 2 aromatic carbocycles. The highest BCUT2D eigenvalue weighted by molar-refractivity contribution is 7.91. The molecule has 0 spiro atoms. The van der Waals surface area contributed by atoms with Crippen LogP contribution in [-0.4, -0.2) is 31.2 Å².